The average Bonchev–Trinajstić information content (AvgIpc) is 2.27. The summed E-state index contributed by atoms with van der Waals surface area (Å²) in [6, 6.07) is 7.55. The van der Waals surface area contributed by atoms with Crippen molar-refractivity contribution < 1.29 is 4.79 Å². The molecule has 4 heteroatoms. The molecule has 0 aliphatic carbocycles. The van der Waals surface area contributed by atoms with E-state index < -0.39 is 0 Å². The van der Waals surface area contributed by atoms with Crippen molar-refractivity contribution >= 4 is 30.1 Å². The number of amides is 1. The first kappa shape index (κ1) is 13.4. The number of nitrogens with zero attached hydrogens (tertiary/aromatic N) is 1. The predicted molar refractivity (Wildman–Crippen MR) is 71.1 cm³/mol. The summed E-state index contributed by atoms with van der Waals surface area (Å²) in [6.45, 7) is 3.76. The Morgan fingerprint density at radius 3 is 2.25 bits per heavy atom. The summed E-state index contributed by atoms with van der Waals surface area (Å²) in [5.74, 6) is 0.0192. The van der Waals surface area contributed by atoms with Crippen LogP contribution in [0.25, 0.3) is 0 Å². The van der Waals surface area contributed by atoms with Crippen LogP contribution in [-0.2, 0) is 4.79 Å². The molecule has 0 saturated carbocycles. The molecule has 1 aromatic carbocycles. The fraction of sp³-hybridized carbons (Fsp3) is 0.417. The Bertz CT molecular complexity index is 364. The minimum absolute atomic E-state index is 0.0192. The van der Waals surface area contributed by atoms with Gasteiger partial charge in [-0.2, -0.15) is 12.6 Å². The fourth-order valence-electron chi connectivity index (χ4n) is 1.45. The summed E-state index contributed by atoms with van der Waals surface area (Å²) >= 11 is 9.96. The molecule has 0 aromatic heterocycles. The molecule has 1 aromatic rings. The molecule has 0 N–H and O–H groups in total. The minimum atomic E-state index is -0.278. The summed E-state index contributed by atoms with van der Waals surface area (Å²) in [6.07, 6.45) is 0. The highest BCUT2D eigenvalue weighted by molar-refractivity contribution is 7.81. The van der Waals surface area contributed by atoms with Gasteiger partial charge in [0.25, 0.3) is 0 Å². The SMILES string of the molecule is CC(S)C(=O)N(C)C(C)c1ccc(Cl)cc1. The normalized spacial score (nSPS) is 14.3. The highest BCUT2D eigenvalue weighted by Crippen LogP contribution is 2.21. The molecule has 0 aliphatic heterocycles. The van der Waals surface area contributed by atoms with Gasteiger partial charge >= 0.3 is 0 Å². The summed E-state index contributed by atoms with van der Waals surface area (Å²) in [5, 5.41) is 0.423. The van der Waals surface area contributed by atoms with Gasteiger partial charge in [0, 0.05) is 12.1 Å². The molecule has 0 aliphatic rings. The lowest BCUT2D eigenvalue weighted by Gasteiger charge is -2.26. The van der Waals surface area contributed by atoms with Crippen LogP contribution in [0.15, 0.2) is 24.3 Å². The topological polar surface area (TPSA) is 20.3 Å². The fourth-order valence-corrected chi connectivity index (χ4v) is 1.76. The zero-order valence-corrected chi connectivity index (χ0v) is 11.3. The summed E-state index contributed by atoms with van der Waals surface area (Å²) in [5.41, 5.74) is 1.06. The van der Waals surface area contributed by atoms with Crippen molar-refractivity contribution in [1.29, 1.82) is 0 Å². The molecule has 88 valence electrons. The molecule has 16 heavy (non-hydrogen) atoms. The van der Waals surface area contributed by atoms with Crippen LogP contribution in [0, 0.1) is 0 Å². The Hall–Kier alpha value is -0.670. The van der Waals surface area contributed by atoms with Crippen molar-refractivity contribution in [1.82, 2.24) is 4.90 Å². The Morgan fingerprint density at radius 2 is 1.81 bits per heavy atom. The molecule has 2 nitrogen and oxygen atoms in total. The van der Waals surface area contributed by atoms with Gasteiger partial charge in [-0.25, -0.2) is 0 Å². The maximum atomic E-state index is 11.7. The number of rotatable bonds is 3. The standard InChI is InChI=1S/C12H16ClNOS/c1-8(14(3)12(15)9(2)16)10-4-6-11(13)7-5-10/h4-9,16H,1-3H3. The Kier molecular flexibility index (Phi) is 4.69. The number of hydrogen-bond acceptors (Lipinski definition) is 2. The second-order valence-electron chi connectivity index (χ2n) is 3.85. The molecule has 0 fully saturated rings. The van der Waals surface area contributed by atoms with E-state index in [1.807, 2.05) is 31.2 Å². The Labute approximate surface area is 107 Å². The van der Waals surface area contributed by atoms with Crippen LogP contribution in [0.4, 0.5) is 0 Å². The molecule has 0 radical (unpaired) electrons. The maximum absolute atomic E-state index is 11.7. The molecule has 1 amide bonds. The van der Waals surface area contributed by atoms with E-state index in [1.54, 1.807) is 18.9 Å². The van der Waals surface area contributed by atoms with Crippen molar-refractivity contribution in [3.8, 4) is 0 Å². The first-order chi connectivity index (χ1) is 7.43. The summed E-state index contributed by atoms with van der Waals surface area (Å²) < 4.78 is 0. The van der Waals surface area contributed by atoms with E-state index in [0.29, 0.717) is 5.02 Å². The lowest BCUT2D eigenvalue weighted by molar-refractivity contribution is -0.130. The third kappa shape index (κ3) is 3.16. The number of halogens is 1. The zero-order valence-electron chi connectivity index (χ0n) is 9.64. The Balaban J connectivity index is 2.81. The molecule has 2 atom stereocenters. The molecule has 0 spiro atoms. The van der Waals surface area contributed by atoms with Gasteiger partial charge in [-0.3, -0.25) is 4.79 Å². The summed E-state index contributed by atoms with van der Waals surface area (Å²) in [4.78, 5) is 13.4. The zero-order chi connectivity index (χ0) is 12.3. The van der Waals surface area contributed by atoms with E-state index in [1.165, 1.54) is 0 Å². The van der Waals surface area contributed by atoms with Gasteiger partial charge in [0.2, 0.25) is 5.91 Å². The van der Waals surface area contributed by atoms with E-state index in [4.69, 9.17) is 11.6 Å². The van der Waals surface area contributed by atoms with Gasteiger partial charge in [-0.1, -0.05) is 23.7 Å². The minimum Gasteiger partial charge on any atom is -0.338 e. The van der Waals surface area contributed by atoms with Crippen LogP contribution in [0.1, 0.15) is 25.5 Å². The summed E-state index contributed by atoms with van der Waals surface area (Å²) in [7, 11) is 1.79. The van der Waals surface area contributed by atoms with Gasteiger partial charge < -0.3 is 4.90 Å². The Morgan fingerprint density at radius 1 is 1.31 bits per heavy atom. The molecule has 0 heterocycles. The van der Waals surface area contributed by atoms with Gasteiger partial charge in [-0.05, 0) is 31.5 Å². The van der Waals surface area contributed by atoms with Crippen molar-refractivity contribution in [3.05, 3.63) is 34.9 Å². The second kappa shape index (κ2) is 5.60. The average molecular weight is 258 g/mol. The van der Waals surface area contributed by atoms with Crippen molar-refractivity contribution in [2.24, 2.45) is 0 Å². The monoisotopic (exact) mass is 257 g/mol. The van der Waals surface area contributed by atoms with Gasteiger partial charge in [0.05, 0.1) is 11.3 Å². The second-order valence-corrected chi connectivity index (χ2v) is 5.06. The highest BCUT2D eigenvalue weighted by Gasteiger charge is 2.19. The molecular formula is C12H16ClNOS. The van der Waals surface area contributed by atoms with Crippen LogP contribution in [-0.4, -0.2) is 23.1 Å². The van der Waals surface area contributed by atoms with Crippen LogP contribution in [0.3, 0.4) is 0 Å². The van der Waals surface area contributed by atoms with E-state index in [9.17, 15) is 4.79 Å². The molecule has 0 bridgehead atoms. The smallest absolute Gasteiger partial charge is 0.235 e. The van der Waals surface area contributed by atoms with E-state index in [0.717, 1.165) is 5.56 Å². The molecule has 1 rings (SSSR count). The third-order valence-corrected chi connectivity index (χ3v) is 3.11. The van der Waals surface area contributed by atoms with Crippen LogP contribution in [0.5, 0.6) is 0 Å². The predicted octanol–water partition coefficient (Wildman–Crippen LogP) is 3.18. The number of hydrogen-bond donors (Lipinski definition) is 1. The van der Waals surface area contributed by atoms with E-state index in [2.05, 4.69) is 12.6 Å². The quantitative estimate of drug-likeness (QED) is 0.825. The van der Waals surface area contributed by atoms with Crippen LogP contribution >= 0.6 is 24.2 Å². The number of carbonyl (C=O) groups excluding carboxylic acids is 1. The van der Waals surface area contributed by atoms with Crippen molar-refractivity contribution in [2.45, 2.75) is 25.1 Å². The van der Waals surface area contributed by atoms with Crippen LogP contribution in [0.2, 0.25) is 5.02 Å². The van der Waals surface area contributed by atoms with Gasteiger partial charge in [0.15, 0.2) is 0 Å². The largest absolute Gasteiger partial charge is 0.338 e. The first-order valence-electron chi connectivity index (χ1n) is 5.13. The molecule has 2 unspecified atom stereocenters. The van der Waals surface area contributed by atoms with Gasteiger partial charge in [0.1, 0.15) is 0 Å². The van der Waals surface area contributed by atoms with E-state index in [-0.39, 0.29) is 17.2 Å². The first-order valence-corrected chi connectivity index (χ1v) is 6.03. The lowest BCUT2D eigenvalue weighted by Crippen LogP contribution is -2.34. The van der Waals surface area contributed by atoms with Crippen molar-refractivity contribution in [3.63, 3.8) is 0 Å². The number of benzene rings is 1. The number of thiol groups is 1. The third-order valence-electron chi connectivity index (χ3n) is 2.64. The lowest BCUT2D eigenvalue weighted by atomic mass is 10.1. The van der Waals surface area contributed by atoms with E-state index >= 15 is 0 Å². The molecule has 0 saturated heterocycles. The highest BCUT2D eigenvalue weighted by atomic mass is 35.5. The maximum Gasteiger partial charge on any atom is 0.235 e. The van der Waals surface area contributed by atoms with Gasteiger partial charge in [-0.15, -0.1) is 0 Å². The van der Waals surface area contributed by atoms with Crippen molar-refractivity contribution in [2.75, 3.05) is 7.05 Å². The van der Waals surface area contributed by atoms with Crippen LogP contribution < -0.4 is 0 Å². The number of carbonyl (C=O) groups is 1. The molecular weight excluding hydrogens is 242 g/mol.